The van der Waals surface area contributed by atoms with E-state index in [1.165, 1.54) is 11.4 Å². The van der Waals surface area contributed by atoms with Crippen molar-refractivity contribution < 1.29 is 4.79 Å². The Balaban J connectivity index is 3.11. The second-order valence-electron chi connectivity index (χ2n) is 2.77. The van der Waals surface area contributed by atoms with Gasteiger partial charge in [-0.15, -0.1) is 0 Å². The minimum atomic E-state index is -0.315. The Labute approximate surface area is 93.6 Å². The van der Waals surface area contributed by atoms with Gasteiger partial charge in [0.15, 0.2) is 0 Å². The van der Waals surface area contributed by atoms with E-state index in [0.29, 0.717) is 10.7 Å². The van der Waals surface area contributed by atoms with E-state index in [1.54, 1.807) is 6.07 Å². The number of urea groups is 1. The molecular weight excluding hydrogens is 220 g/mol. The maximum atomic E-state index is 11.3. The van der Waals surface area contributed by atoms with Crippen LogP contribution in [0.4, 0.5) is 10.5 Å². The number of nitrogens with zero attached hydrogens (tertiary/aromatic N) is 1. The molecule has 0 aliphatic carbocycles. The molecule has 3 nitrogen and oxygen atoms in total. The van der Waals surface area contributed by atoms with Crippen LogP contribution in [-0.4, -0.2) is 13.1 Å². The number of benzene rings is 1. The van der Waals surface area contributed by atoms with Gasteiger partial charge in [-0.05, 0) is 18.6 Å². The lowest BCUT2D eigenvalue weighted by Crippen LogP contribution is -2.31. The number of rotatable bonds is 1. The van der Waals surface area contributed by atoms with Gasteiger partial charge in [0.1, 0.15) is 0 Å². The highest BCUT2D eigenvalue weighted by Gasteiger charge is 2.15. The summed E-state index contributed by atoms with van der Waals surface area (Å²) in [6, 6.07) is 5.10. The standard InChI is InChI=1S/C9H11ClN2OS/c1-6-4-3-5-7(10)8(6)12(14)9(13)11-2/h3-5,14H,1-2H3,(H,11,13). The molecule has 2 amide bonds. The van der Waals surface area contributed by atoms with E-state index in [2.05, 4.69) is 18.1 Å². The molecule has 0 radical (unpaired) electrons. The number of para-hydroxylation sites is 1. The number of carbonyl (C=O) groups is 1. The summed E-state index contributed by atoms with van der Waals surface area (Å²) in [5.74, 6) is 0. The van der Waals surface area contributed by atoms with Crippen LogP contribution in [0.2, 0.25) is 5.02 Å². The summed E-state index contributed by atoms with van der Waals surface area (Å²) in [5, 5.41) is 2.97. The first kappa shape index (κ1) is 11.2. The fourth-order valence-electron chi connectivity index (χ4n) is 1.10. The molecule has 0 aliphatic heterocycles. The normalized spacial score (nSPS) is 9.71. The van der Waals surface area contributed by atoms with Gasteiger partial charge in [0, 0.05) is 7.05 Å². The number of hydrogen-bond acceptors (Lipinski definition) is 2. The predicted octanol–water partition coefficient (Wildman–Crippen LogP) is 2.64. The molecule has 1 N–H and O–H groups in total. The molecule has 0 atom stereocenters. The van der Waals surface area contributed by atoms with Crippen LogP contribution in [0, 0.1) is 6.92 Å². The summed E-state index contributed by atoms with van der Waals surface area (Å²) in [4.78, 5) is 11.3. The highest BCUT2D eigenvalue weighted by atomic mass is 35.5. The van der Waals surface area contributed by atoms with Gasteiger partial charge in [0.2, 0.25) is 0 Å². The van der Waals surface area contributed by atoms with Crippen LogP contribution < -0.4 is 9.62 Å². The lowest BCUT2D eigenvalue weighted by molar-refractivity contribution is 0.252. The third-order valence-corrected chi connectivity index (χ3v) is 2.49. The van der Waals surface area contributed by atoms with Gasteiger partial charge in [-0.1, -0.05) is 36.5 Å². The lowest BCUT2D eigenvalue weighted by atomic mass is 10.2. The van der Waals surface area contributed by atoms with Crippen molar-refractivity contribution >= 4 is 36.1 Å². The summed E-state index contributed by atoms with van der Waals surface area (Å²) in [7, 11) is 1.54. The van der Waals surface area contributed by atoms with Crippen molar-refractivity contribution in [3.05, 3.63) is 28.8 Å². The molecule has 0 saturated heterocycles. The molecule has 1 rings (SSSR count). The molecule has 5 heteroatoms. The smallest absolute Gasteiger partial charge is 0.331 e. The predicted molar refractivity (Wildman–Crippen MR) is 62.1 cm³/mol. The molecule has 0 saturated carbocycles. The number of amides is 2. The molecule has 0 fully saturated rings. The van der Waals surface area contributed by atoms with Crippen molar-refractivity contribution in [2.24, 2.45) is 0 Å². The Hall–Kier alpha value is -0.870. The number of nitrogens with one attached hydrogen (secondary N) is 1. The van der Waals surface area contributed by atoms with Crippen molar-refractivity contribution in [2.75, 3.05) is 11.4 Å². The zero-order chi connectivity index (χ0) is 10.7. The number of anilines is 1. The van der Waals surface area contributed by atoms with Crippen molar-refractivity contribution in [2.45, 2.75) is 6.92 Å². The third kappa shape index (κ3) is 2.13. The molecule has 14 heavy (non-hydrogen) atoms. The van der Waals surface area contributed by atoms with Gasteiger partial charge >= 0.3 is 6.03 Å². The Morgan fingerprint density at radius 2 is 2.21 bits per heavy atom. The molecule has 0 aliphatic rings. The van der Waals surface area contributed by atoms with Crippen LogP contribution in [0.15, 0.2) is 18.2 Å². The number of halogens is 1. The Morgan fingerprint density at radius 1 is 1.57 bits per heavy atom. The number of thiol groups is 1. The number of carbonyl (C=O) groups excluding carboxylic acids is 1. The highest BCUT2D eigenvalue weighted by molar-refractivity contribution is 7.82. The minimum Gasteiger partial charge on any atom is -0.340 e. The van der Waals surface area contributed by atoms with Crippen molar-refractivity contribution in [1.29, 1.82) is 0 Å². The van der Waals surface area contributed by atoms with E-state index in [9.17, 15) is 4.79 Å². The quantitative estimate of drug-likeness (QED) is 0.715. The van der Waals surface area contributed by atoms with E-state index < -0.39 is 0 Å². The zero-order valence-corrected chi connectivity index (χ0v) is 9.56. The van der Waals surface area contributed by atoms with Gasteiger partial charge in [-0.2, -0.15) is 0 Å². The first-order valence-corrected chi connectivity index (χ1v) is 4.81. The Kier molecular flexibility index (Phi) is 3.66. The Morgan fingerprint density at radius 3 is 2.71 bits per heavy atom. The summed E-state index contributed by atoms with van der Waals surface area (Å²) in [5.41, 5.74) is 1.51. The van der Waals surface area contributed by atoms with Crippen LogP contribution in [-0.2, 0) is 0 Å². The van der Waals surface area contributed by atoms with Crippen LogP contribution in [0.25, 0.3) is 0 Å². The molecule has 76 valence electrons. The highest BCUT2D eigenvalue weighted by Crippen LogP contribution is 2.30. The fraction of sp³-hybridized carbons (Fsp3) is 0.222. The number of hydrogen-bond donors (Lipinski definition) is 2. The molecule has 0 spiro atoms. The van der Waals surface area contributed by atoms with Crippen molar-refractivity contribution in [3.63, 3.8) is 0 Å². The number of aryl methyl sites for hydroxylation is 1. The average molecular weight is 231 g/mol. The minimum absolute atomic E-state index is 0.315. The second kappa shape index (κ2) is 4.57. The Bertz CT molecular complexity index is 336. The van der Waals surface area contributed by atoms with Crippen molar-refractivity contribution in [3.8, 4) is 0 Å². The van der Waals surface area contributed by atoms with Gasteiger partial charge in [0.05, 0.1) is 10.7 Å². The summed E-state index contributed by atoms with van der Waals surface area (Å²) in [6.07, 6.45) is 0. The lowest BCUT2D eigenvalue weighted by Gasteiger charge is -2.18. The molecule has 0 bridgehead atoms. The molecule has 0 aromatic heterocycles. The second-order valence-corrected chi connectivity index (χ2v) is 3.58. The SMILES string of the molecule is CNC(=O)N(S)c1c(C)cccc1Cl. The molecule has 1 aromatic rings. The summed E-state index contributed by atoms with van der Waals surface area (Å²) in [6.45, 7) is 1.87. The molecule has 0 unspecified atom stereocenters. The van der Waals surface area contributed by atoms with E-state index >= 15 is 0 Å². The van der Waals surface area contributed by atoms with E-state index in [-0.39, 0.29) is 6.03 Å². The molecule has 1 aromatic carbocycles. The van der Waals surface area contributed by atoms with E-state index in [1.807, 2.05) is 19.1 Å². The topological polar surface area (TPSA) is 32.3 Å². The molecule has 0 heterocycles. The van der Waals surface area contributed by atoms with Crippen LogP contribution in [0.3, 0.4) is 0 Å². The van der Waals surface area contributed by atoms with Crippen LogP contribution >= 0.6 is 24.4 Å². The van der Waals surface area contributed by atoms with Gasteiger partial charge in [-0.3, -0.25) is 0 Å². The van der Waals surface area contributed by atoms with Gasteiger partial charge in [0.25, 0.3) is 0 Å². The average Bonchev–Trinajstić information content (AvgIpc) is 2.16. The first-order chi connectivity index (χ1) is 6.57. The van der Waals surface area contributed by atoms with Gasteiger partial charge in [-0.25, -0.2) is 9.10 Å². The molecular formula is C9H11ClN2OS. The van der Waals surface area contributed by atoms with E-state index in [4.69, 9.17) is 11.6 Å². The largest absolute Gasteiger partial charge is 0.340 e. The van der Waals surface area contributed by atoms with Crippen molar-refractivity contribution in [1.82, 2.24) is 5.32 Å². The first-order valence-electron chi connectivity index (χ1n) is 4.03. The zero-order valence-electron chi connectivity index (χ0n) is 7.91. The van der Waals surface area contributed by atoms with Gasteiger partial charge < -0.3 is 5.32 Å². The summed E-state index contributed by atoms with van der Waals surface area (Å²) >= 11 is 10.0. The van der Waals surface area contributed by atoms with Crippen LogP contribution in [0.5, 0.6) is 0 Å². The third-order valence-electron chi connectivity index (χ3n) is 1.81. The van der Waals surface area contributed by atoms with E-state index in [0.717, 1.165) is 5.56 Å². The maximum Gasteiger partial charge on any atom is 0.331 e. The van der Waals surface area contributed by atoms with Crippen LogP contribution in [0.1, 0.15) is 5.56 Å². The monoisotopic (exact) mass is 230 g/mol. The maximum absolute atomic E-state index is 11.3. The summed E-state index contributed by atoms with van der Waals surface area (Å²) < 4.78 is 1.19. The fourth-order valence-corrected chi connectivity index (χ4v) is 1.83.